The standard InChI is InChI=1S/C21H26ClN5O3/c1-14(16-4-2-3-15(11-16)5-8-28)23-19-17-12-27(13-18(17)24-20(22)25-19)21(29)26-6-9-30-10-7-26/h2-4,11,14,28H,5-10,12-13H2,1H3,(H,23,24,25)/t14-/m1/s1. The predicted molar refractivity (Wildman–Crippen MR) is 113 cm³/mol. The average molecular weight is 432 g/mol. The Balaban J connectivity index is 1.51. The van der Waals surface area contributed by atoms with E-state index in [0.717, 1.165) is 22.4 Å². The molecule has 160 valence electrons. The molecule has 0 radical (unpaired) electrons. The van der Waals surface area contributed by atoms with Gasteiger partial charge in [0.05, 0.1) is 32.0 Å². The van der Waals surface area contributed by atoms with E-state index in [4.69, 9.17) is 16.3 Å². The summed E-state index contributed by atoms with van der Waals surface area (Å²) in [5.41, 5.74) is 3.85. The Labute approximate surface area is 180 Å². The normalized spacial score (nSPS) is 17.0. The van der Waals surface area contributed by atoms with Crippen molar-refractivity contribution >= 4 is 23.4 Å². The molecule has 0 bridgehead atoms. The molecule has 0 aliphatic carbocycles. The number of urea groups is 1. The highest BCUT2D eigenvalue weighted by atomic mass is 35.5. The van der Waals surface area contributed by atoms with Crippen LogP contribution in [0.5, 0.6) is 0 Å². The summed E-state index contributed by atoms with van der Waals surface area (Å²) in [6.45, 7) is 5.37. The van der Waals surface area contributed by atoms with Crippen molar-refractivity contribution in [3.05, 3.63) is 51.9 Å². The first-order valence-electron chi connectivity index (χ1n) is 10.2. The van der Waals surface area contributed by atoms with Crippen molar-refractivity contribution in [3.8, 4) is 0 Å². The summed E-state index contributed by atoms with van der Waals surface area (Å²) in [5.74, 6) is 0.655. The van der Waals surface area contributed by atoms with Crippen LogP contribution in [0.3, 0.4) is 0 Å². The topological polar surface area (TPSA) is 90.8 Å². The van der Waals surface area contributed by atoms with Gasteiger partial charge in [-0.1, -0.05) is 24.3 Å². The van der Waals surface area contributed by atoms with E-state index in [2.05, 4.69) is 21.4 Å². The fraction of sp³-hybridized carbons (Fsp3) is 0.476. The molecule has 9 heteroatoms. The molecule has 0 spiro atoms. The second-order valence-corrected chi connectivity index (χ2v) is 7.93. The maximum absolute atomic E-state index is 12.9. The van der Waals surface area contributed by atoms with Crippen LogP contribution in [0.1, 0.15) is 35.3 Å². The van der Waals surface area contributed by atoms with E-state index in [1.54, 1.807) is 4.90 Å². The Morgan fingerprint density at radius 2 is 2.07 bits per heavy atom. The van der Waals surface area contributed by atoms with Gasteiger partial charge in [-0.15, -0.1) is 0 Å². The first kappa shape index (κ1) is 20.8. The number of morpholine rings is 1. The van der Waals surface area contributed by atoms with Gasteiger partial charge >= 0.3 is 6.03 Å². The van der Waals surface area contributed by atoms with E-state index >= 15 is 0 Å². The number of fused-ring (bicyclic) bond motifs is 1. The third-order valence-corrected chi connectivity index (χ3v) is 5.68. The van der Waals surface area contributed by atoms with E-state index in [1.165, 1.54) is 0 Å². The minimum Gasteiger partial charge on any atom is -0.396 e. The highest BCUT2D eigenvalue weighted by Gasteiger charge is 2.32. The van der Waals surface area contributed by atoms with E-state index in [-0.39, 0.29) is 24.0 Å². The number of hydrogen-bond acceptors (Lipinski definition) is 6. The maximum atomic E-state index is 12.9. The molecule has 30 heavy (non-hydrogen) atoms. The molecule has 0 unspecified atom stereocenters. The van der Waals surface area contributed by atoms with Crippen molar-refractivity contribution < 1.29 is 14.6 Å². The summed E-state index contributed by atoms with van der Waals surface area (Å²) in [4.78, 5) is 25.2. The molecule has 1 aromatic heterocycles. The number of halogens is 1. The molecule has 2 aliphatic rings. The van der Waals surface area contributed by atoms with Crippen LogP contribution >= 0.6 is 11.6 Å². The Morgan fingerprint density at radius 3 is 2.83 bits per heavy atom. The molecule has 8 nitrogen and oxygen atoms in total. The molecule has 1 atom stereocenters. The van der Waals surface area contributed by atoms with Crippen molar-refractivity contribution in [2.24, 2.45) is 0 Å². The number of nitrogens with zero attached hydrogens (tertiary/aromatic N) is 4. The van der Waals surface area contributed by atoms with Crippen LogP contribution in [-0.4, -0.2) is 63.8 Å². The highest BCUT2D eigenvalue weighted by molar-refractivity contribution is 6.28. The Bertz CT molecular complexity index is 920. The number of aromatic nitrogens is 2. The van der Waals surface area contributed by atoms with Gasteiger partial charge in [-0.05, 0) is 36.1 Å². The van der Waals surface area contributed by atoms with Gasteiger partial charge in [0.1, 0.15) is 5.82 Å². The van der Waals surface area contributed by atoms with Gasteiger partial charge in [0, 0.05) is 31.3 Å². The third-order valence-electron chi connectivity index (χ3n) is 5.51. The second kappa shape index (κ2) is 9.16. The Hall–Kier alpha value is -2.42. The van der Waals surface area contributed by atoms with Crippen molar-refractivity contribution in [1.82, 2.24) is 19.8 Å². The first-order valence-corrected chi connectivity index (χ1v) is 10.6. The van der Waals surface area contributed by atoms with Gasteiger partial charge in [-0.3, -0.25) is 0 Å². The zero-order valence-electron chi connectivity index (χ0n) is 17.0. The van der Waals surface area contributed by atoms with Crippen LogP contribution in [0.4, 0.5) is 10.6 Å². The number of amides is 2. The van der Waals surface area contributed by atoms with E-state index in [9.17, 15) is 9.90 Å². The average Bonchev–Trinajstić information content (AvgIpc) is 3.18. The molecule has 1 saturated heterocycles. The van der Waals surface area contributed by atoms with Crippen LogP contribution < -0.4 is 5.32 Å². The molecular weight excluding hydrogens is 406 g/mol. The van der Waals surface area contributed by atoms with Gasteiger partial charge in [-0.25, -0.2) is 14.8 Å². The van der Waals surface area contributed by atoms with Gasteiger partial charge in [0.2, 0.25) is 5.28 Å². The van der Waals surface area contributed by atoms with Crippen LogP contribution in [0, 0.1) is 0 Å². The molecule has 2 aromatic rings. The first-order chi connectivity index (χ1) is 14.5. The molecule has 3 heterocycles. The fourth-order valence-electron chi connectivity index (χ4n) is 3.87. The molecule has 2 aliphatic heterocycles. The van der Waals surface area contributed by atoms with E-state index in [0.29, 0.717) is 51.6 Å². The summed E-state index contributed by atoms with van der Waals surface area (Å²) in [7, 11) is 0. The van der Waals surface area contributed by atoms with Crippen molar-refractivity contribution in [2.75, 3.05) is 38.2 Å². The van der Waals surface area contributed by atoms with Crippen molar-refractivity contribution in [3.63, 3.8) is 0 Å². The summed E-state index contributed by atoms with van der Waals surface area (Å²) in [6.07, 6.45) is 0.619. The van der Waals surface area contributed by atoms with Gasteiger partial charge < -0.3 is 25.0 Å². The van der Waals surface area contributed by atoms with Gasteiger partial charge in [0.25, 0.3) is 0 Å². The van der Waals surface area contributed by atoms with Crippen molar-refractivity contribution in [1.29, 1.82) is 0 Å². The molecule has 0 saturated carbocycles. The number of carbonyl (C=O) groups is 1. The minimum atomic E-state index is -0.0253. The number of benzene rings is 1. The quantitative estimate of drug-likeness (QED) is 0.707. The summed E-state index contributed by atoms with van der Waals surface area (Å²) < 4.78 is 5.34. The summed E-state index contributed by atoms with van der Waals surface area (Å²) >= 11 is 6.18. The zero-order valence-corrected chi connectivity index (χ0v) is 17.7. The number of carbonyl (C=O) groups excluding carboxylic acids is 1. The van der Waals surface area contributed by atoms with E-state index in [1.807, 2.05) is 30.0 Å². The van der Waals surface area contributed by atoms with Crippen LogP contribution in [0.25, 0.3) is 0 Å². The predicted octanol–water partition coefficient (Wildman–Crippen LogP) is 2.61. The lowest BCUT2D eigenvalue weighted by Crippen LogP contribution is -2.46. The fourth-order valence-corrected chi connectivity index (χ4v) is 4.06. The number of hydrogen-bond donors (Lipinski definition) is 2. The monoisotopic (exact) mass is 431 g/mol. The van der Waals surface area contributed by atoms with Crippen molar-refractivity contribution in [2.45, 2.75) is 32.5 Å². The maximum Gasteiger partial charge on any atom is 0.320 e. The largest absolute Gasteiger partial charge is 0.396 e. The molecule has 4 rings (SSSR count). The molecule has 1 aromatic carbocycles. The second-order valence-electron chi connectivity index (χ2n) is 7.59. The lowest BCUT2D eigenvalue weighted by atomic mass is 10.0. The number of ether oxygens (including phenoxy) is 1. The summed E-state index contributed by atoms with van der Waals surface area (Å²) in [6, 6.07) is 8.06. The number of rotatable bonds is 5. The smallest absolute Gasteiger partial charge is 0.320 e. The lowest BCUT2D eigenvalue weighted by molar-refractivity contribution is 0.0429. The summed E-state index contributed by atoms with van der Waals surface area (Å²) in [5, 5.41) is 12.8. The van der Waals surface area contributed by atoms with Crippen LogP contribution in [-0.2, 0) is 24.2 Å². The Morgan fingerprint density at radius 1 is 1.27 bits per heavy atom. The van der Waals surface area contributed by atoms with Crippen LogP contribution in [0.15, 0.2) is 24.3 Å². The number of aliphatic hydroxyl groups is 1. The minimum absolute atomic E-state index is 0.0110. The number of nitrogens with one attached hydrogen (secondary N) is 1. The van der Waals surface area contributed by atoms with E-state index < -0.39 is 0 Å². The molecule has 2 amide bonds. The lowest BCUT2D eigenvalue weighted by Gasteiger charge is -2.30. The van der Waals surface area contributed by atoms with Gasteiger partial charge in [0.15, 0.2) is 0 Å². The Kier molecular flexibility index (Phi) is 6.36. The van der Waals surface area contributed by atoms with Gasteiger partial charge in [-0.2, -0.15) is 0 Å². The molecule has 1 fully saturated rings. The highest BCUT2D eigenvalue weighted by Crippen LogP contribution is 2.31. The molecule has 2 N–H and O–H groups in total. The number of anilines is 1. The zero-order chi connectivity index (χ0) is 21.1. The SMILES string of the molecule is C[C@@H](Nc1nc(Cl)nc2c1CN(C(=O)N1CCOCC1)C2)c1cccc(CCO)c1. The molecular formula is C21H26ClN5O3. The van der Waals surface area contributed by atoms with Crippen LogP contribution in [0.2, 0.25) is 5.28 Å². The third kappa shape index (κ3) is 4.50. The number of aliphatic hydroxyl groups excluding tert-OH is 1.